The van der Waals surface area contributed by atoms with Crippen molar-refractivity contribution in [1.29, 1.82) is 0 Å². The summed E-state index contributed by atoms with van der Waals surface area (Å²) in [6.07, 6.45) is -0.872. The number of carbonyl (C=O) groups excluding carboxylic acids is 2. The molecule has 3 rings (SSSR count). The monoisotopic (exact) mass is 417 g/mol. The normalized spacial score (nSPS) is 12.3. The van der Waals surface area contributed by atoms with Gasteiger partial charge in [0.2, 0.25) is 0 Å². The topological polar surface area (TPSA) is 73.2 Å². The second-order valence-electron chi connectivity index (χ2n) is 7.39. The van der Waals surface area contributed by atoms with Gasteiger partial charge in [0, 0.05) is 11.9 Å². The van der Waals surface area contributed by atoms with Crippen LogP contribution in [0, 0.1) is 18.7 Å². The van der Waals surface area contributed by atoms with Crippen molar-refractivity contribution >= 4 is 33.4 Å². The van der Waals surface area contributed by atoms with Crippen LogP contribution in [0.15, 0.2) is 30.3 Å². The number of rotatable bonds is 7. The van der Waals surface area contributed by atoms with E-state index in [9.17, 15) is 14.0 Å². The van der Waals surface area contributed by atoms with Gasteiger partial charge in [-0.15, -0.1) is 11.3 Å². The smallest absolute Gasteiger partial charge is 0.349 e. The van der Waals surface area contributed by atoms with Crippen LogP contribution in [0.2, 0.25) is 0 Å². The lowest BCUT2D eigenvalue weighted by molar-refractivity contribution is -0.129. The number of fused-ring (bicyclic) bond motifs is 1. The SMILES string of the molecule is Cc1nn(Cc2ccc(F)cc2)c2sc(C(=O)O[C@H](C)C(=O)NCC(C)C)cc12. The molecule has 0 fully saturated rings. The number of amides is 1. The third-order valence-corrected chi connectivity index (χ3v) is 5.52. The molecule has 2 heterocycles. The standard InChI is InChI=1S/C21H24FN3O3S/c1-12(2)10-23-19(26)14(4)28-21(27)18-9-17-13(3)24-25(20(17)29-18)11-15-5-7-16(22)8-6-15/h5-9,12,14H,10-11H2,1-4H3,(H,23,26)/t14-/m1/s1. The molecule has 0 saturated carbocycles. The van der Waals surface area contributed by atoms with Crippen LogP contribution in [0.25, 0.3) is 10.2 Å². The zero-order chi connectivity index (χ0) is 21.1. The molecule has 1 atom stereocenters. The lowest BCUT2D eigenvalue weighted by Gasteiger charge is -2.14. The summed E-state index contributed by atoms with van der Waals surface area (Å²) < 4.78 is 20.2. The summed E-state index contributed by atoms with van der Waals surface area (Å²) in [4.78, 5) is 25.8. The molecule has 0 aliphatic heterocycles. The summed E-state index contributed by atoms with van der Waals surface area (Å²) >= 11 is 1.27. The first-order chi connectivity index (χ1) is 13.7. The molecule has 0 saturated heterocycles. The third kappa shape index (κ3) is 5.00. The molecule has 0 bridgehead atoms. The van der Waals surface area contributed by atoms with Crippen molar-refractivity contribution in [2.75, 3.05) is 6.54 Å². The molecule has 0 aliphatic carbocycles. The predicted molar refractivity (Wildman–Crippen MR) is 111 cm³/mol. The van der Waals surface area contributed by atoms with E-state index in [1.807, 2.05) is 20.8 Å². The van der Waals surface area contributed by atoms with Gasteiger partial charge in [0.05, 0.1) is 12.2 Å². The summed E-state index contributed by atoms with van der Waals surface area (Å²) in [7, 11) is 0. The zero-order valence-corrected chi connectivity index (χ0v) is 17.7. The first kappa shape index (κ1) is 21.0. The van der Waals surface area contributed by atoms with Gasteiger partial charge in [0.1, 0.15) is 15.5 Å². The molecule has 0 unspecified atom stereocenters. The van der Waals surface area contributed by atoms with Crippen LogP contribution in [0.3, 0.4) is 0 Å². The average Bonchev–Trinajstić information content (AvgIpc) is 3.23. The maximum Gasteiger partial charge on any atom is 0.349 e. The van der Waals surface area contributed by atoms with Crippen LogP contribution in [-0.4, -0.2) is 34.3 Å². The van der Waals surface area contributed by atoms with Crippen LogP contribution >= 0.6 is 11.3 Å². The molecule has 6 nitrogen and oxygen atoms in total. The number of nitrogens with zero attached hydrogens (tertiary/aromatic N) is 2. The van der Waals surface area contributed by atoms with Crippen molar-refractivity contribution < 1.29 is 18.7 Å². The molecule has 3 aromatic rings. The number of carbonyl (C=O) groups is 2. The Labute approximate surface area is 172 Å². The molecule has 0 radical (unpaired) electrons. The van der Waals surface area contributed by atoms with Crippen molar-refractivity contribution in [2.45, 2.75) is 40.3 Å². The highest BCUT2D eigenvalue weighted by atomic mass is 32.1. The molecular weight excluding hydrogens is 393 g/mol. The number of benzene rings is 1. The van der Waals surface area contributed by atoms with Gasteiger partial charge in [-0.05, 0) is 43.5 Å². The van der Waals surface area contributed by atoms with Gasteiger partial charge >= 0.3 is 5.97 Å². The number of hydrogen-bond acceptors (Lipinski definition) is 5. The van der Waals surface area contributed by atoms with E-state index >= 15 is 0 Å². The molecule has 154 valence electrons. The zero-order valence-electron chi connectivity index (χ0n) is 16.9. The number of thiophene rings is 1. The van der Waals surface area contributed by atoms with E-state index in [-0.39, 0.29) is 11.7 Å². The Morgan fingerprint density at radius 2 is 1.93 bits per heavy atom. The van der Waals surface area contributed by atoms with Gasteiger partial charge in [-0.2, -0.15) is 5.10 Å². The Morgan fingerprint density at radius 3 is 2.59 bits per heavy atom. The largest absolute Gasteiger partial charge is 0.448 e. The highest BCUT2D eigenvalue weighted by Gasteiger charge is 2.22. The molecule has 0 spiro atoms. The third-order valence-electron chi connectivity index (χ3n) is 4.39. The summed E-state index contributed by atoms with van der Waals surface area (Å²) in [6, 6.07) is 7.97. The Balaban J connectivity index is 1.74. The fourth-order valence-electron chi connectivity index (χ4n) is 2.80. The van der Waals surface area contributed by atoms with E-state index < -0.39 is 12.1 Å². The Morgan fingerprint density at radius 1 is 1.24 bits per heavy atom. The quantitative estimate of drug-likeness (QED) is 0.592. The molecule has 1 aromatic carbocycles. The van der Waals surface area contributed by atoms with Gasteiger partial charge < -0.3 is 10.1 Å². The van der Waals surface area contributed by atoms with Crippen LogP contribution in [0.4, 0.5) is 4.39 Å². The maximum atomic E-state index is 13.1. The number of esters is 1. The van der Waals surface area contributed by atoms with Gasteiger partial charge in [0.25, 0.3) is 5.91 Å². The average molecular weight is 418 g/mol. The van der Waals surface area contributed by atoms with Crippen molar-refractivity contribution in [3.05, 3.63) is 52.3 Å². The van der Waals surface area contributed by atoms with E-state index in [0.29, 0.717) is 23.9 Å². The summed E-state index contributed by atoms with van der Waals surface area (Å²) in [6.45, 7) is 8.41. The van der Waals surface area contributed by atoms with Crippen LogP contribution < -0.4 is 5.32 Å². The predicted octanol–water partition coefficient (Wildman–Crippen LogP) is 3.91. The first-order valence-electron chi connectivity index (χ1n) is 9.44. The van der Waals surface area contributed by atoms with Gasteiger partial charge in [-0.1, -0.05) is 26.0 Å². The fourth-order valence-corrected chi connectivity index (χ4v) is 3.85. The Bertz CT molecular complexity index is 1020. The van der Waals surface area contributed by atoms with Gasteiger partial charge in [-0.25, -0.2) is 9.18 Å². The molecule has 8 heteroatoms. The molecule has 29 heavy (non-hydrogen) atoms. The first-order valence-corrected chi connectivity index (χ1v) is 10.3. The number of nitrogens with one attached hydrogen (secondary N) is 1. The lowest BCUT2D eigenvalue weighted by Crippen LogP contribution is -2.37. The van der Waals surface area contributed by atoms with Crippen LogP contribution in [0.5, 0.6) is 0 Å². The maximum absolute atomic E-state index is 13.1. The molecule has 0 aliphatic rings. The minimum absolute atomic E-state index is 0.289. The van der Waals surface area contributed by atoms with E-state index in [1.165, 1.54) is 23.5 Å². The lowest BCUT2D eigenvalue weighted by atomic mass is 10.2. The number of halogens is 1. The van der Waals surface area contributed by atoms with Crippen molar-refractivity contribution in [2.24, 2.45) is 5.92 Å². The van der Waals surface area contributed by atoms with Crippen LogP contribution in [0.1, 0.15) is 41.7 Å². The second-order valence-corrected chi connectivity index (χ2v) is 8.42. The van der Waals surface area contributed by atoms with Gasteiger partial charge in [-0.3, -0.25) is 9.48 Å². The number of aryl methyl sites for hydroxylation is 1. The summed E-state index contributed by atoms with van der Waals surface area (Å²) in [5.41, 5.74) is 1.70. The minimum atomic E-state index is -0.872. The van der Waals surface area contributed by atoms with Crippen molar-refractivity contribution in [1.82, 2.24) is 15.1 Å². The highest BCUT2D eigenvalue weighted by Crippen LogP contribution is 2.29. The Kier molecular flexibility index (Phi) is 6.32. The van der Waals surface area contributed by atoms with E-state index in [4.69, 9.17) is 4.74 Å². The number of hydrogen-bond donors (Lipinski definition) is 1. The number of aromatic nitrogens is 2. The van der Waals surface area contributed by atoms with Gasteiger partial charge in [0.15, 0.2) is 6.10 Å². The van der Waals surface area contributed by atoms with E-state index in [1.54, 1.807) is 29.8 Å². The Hall–Kier alpha value is -2.74. The van der Waals surface area contributed by atoms with E-state index in [0.717, 1.165) is 21.5 Å². The van der Waals surface area contributed by atoms with E-state index in [2.05, 4.69) is 10.4 Å². The van der Waals surface area contributed by atoms with Crippen molar-refractivity contribution in [3.63, 3.8) is 0 Å². The summed E-state index contributed by atoms with van der Waals surface area (Å²) in [5.74, 6) is -0.822. The molecule has 1 N–H and O–H groups in total. The molecular formula is C21H24FN3O3S. The fraction of sp³-hybridized carbons (Fsp3) is 0.381. The minimum Gasteiger partial charge on any atom is -0.448 e. The van der Waals surface area contributed by atoms with Crippen LogP contribution in [-0.2, 0) is 16.1 Å². The molecule has 2 aromatic heterocycles. The second kappa shape index (κ2) is 8.73. The summed E-state index contributed by atoms with van der Waals surface area (Å²) in [5, 5.41) is 8.13. The highest BCUT2D eigenvalue weighted by molar-refractivity contribution is 7.20. The molecule has 1 amide bonds. The van der Waals surface area contributed by atoms with Crippen molar-refractivity contribution in [3.8, 4) is 0 Å². The number of ether oxygens (including phenoxy) is 1.